The molecule has 0 spiro atoms. The van der Waals surface area contributed by atoms with Gasteiger partial charge in [-0.25, -0.2) is 0 Å². The van der Waals surface area contributed by atoms with Gasteiger partial charge in [-0.05, 0) is 60.9 Å². The highest BCUT2D eigenvalue weighted by Gasteiger charge is 2.27. The zero-order chi connectivity index (χ0) is 14.5. The monoisotopic (exact) mass is 338 g/mol. The molecule has 2 atom stereocenters. The highest BCUT2D eigenvalue weighted by Crippen LogP contribution is 2.26. The van der Waals surface area contributed by atoms with Gasteiger partial charge in [-0.15, -0.1) is 0 Å². The van der Waals surface area contributed by atoms with Gasteiger partial charge in [0.2, 0.25) is 0 Å². The second kappa shape index (κ2) is 7.23. The Morgan fingerprint density at radius 2 is 2.00 bits per heavy atom. The molecule has 1 aromatic carbocycles. The molecular weight excluding hydrogens is 316 g/mol. The molecule has 1 aliphatic carbocycles. The molecular formula is C16H23BrN2O. The van der Waals surface area contributed by atoms with E-state index in [0.717, 1.165) is 23.0 Å². The molecule has 3 nitrogen and oxygen atoms in total. The van der Waals surface area contributed by atoms with Crippen LogP contribution in [0.15, 0.2) is 28.7 Å². The van der Waals surface area contributed by atoms with Crippen LogP contribution in [-0.4, -0.2) is 37.5 Å². The summed E-state index contributed by atoms with van der Waals surface area (Å²) < 4.78 is 0.859. The summed E-state index contributed by atoms with van der Waals surface area (Å²) in [5.74, 6) is 0.596. The Bertz CT molecular complexity index is 462. The number of hydrogen-bond donors (Lipinski definition) is 1. The Balaban J connectivity index is 2.03. The molecule has 0 saturated heterocycles. The normalized spacial score (nSPS) is 22.8. The standard InChI is InChI=1S/C16H23BrN2O/c1-19(2)11-12-7-3-6-10-15(12)18-16(20)13-8-4-5-9-14(13)17/h4-5,8-9,12,15H,3,6-7,10-11H2,1-2H3,(H,18,20). The highest BCUT2D eigenvalue weighted by atomic mass is 79.9. The van der Waals surface area contributed by atoms with Crippen LogP contribution in [0.25, 0.3) is 0 Å². The third-order valence-corrected chi connectivity index (χ3v) is 4.64. The van der Waals surface area contributed by atoms with Crippen molar-refractivity contribution in [2.75, 3.05) is 20.6 Å². The van der Waals surface area contributed by atoms with Crippen LogP contribution in [0.2, 0.25) is 0 Å². The van der Waals surface area contributed by atoms with Crippen LogP contribution in [0.3, 0.4) is 0 Å². The van der Waals surface area contributed by atoms with E-state index in [4.69, 9.17) is 0 Å². The van der Waals surface area contributed by atoms with E-state index < -0.39 is 0 Å². The van der Waals surface area contributed by atoms with Crippen LogP contribution in [0.4, 0.5) is 0 Å². The van der Waals surface area contributed by atoms with E-state index in [0.29, 0.717) is 12.0 Å². The number of benzene rings is 1. The number of halogens is 1. The number of rotatable bonds is 4. The van der Waals surface area contributed by atoms with E-state index in [1.165, 1.54) is 19.3 Å². The van der Waals surface area contributed by atoms with Crippen molar-refractivity contribution in [1.82, 2.24) is 10.2 Å². The lowest BCUT2D eigenvalue weighted by molar-refractivity contribution is 0.0894. The minimum atomic E-state index is 0.0353. The van der Waals surface area contributed by atoms with Gasteiger partial charge in [0.1, 0.15) is 0 Å². The SMILES string of the molecule is CN(C)CC1CCCCC1NC(=O)c1ccccc1Br. The minimum Gasteiger partial charge on any atom is -0.349 e. The van der Waals surface area contributed by atoms with Crippen molar-refractivity contribution in [2.24, 2.45) is 5.92 Å². The van der Waals surface area contributed by atoms with E-state index in [9.17, 15) is 4.79 Å². The fourth-order valence-electron chi connectivity index (χ4n) is 2.98. The van der Waals surface area contributed by atoms with E-state index in [1.54, 1.807) is 0 Å². The fraction of sp³-hybridized carbons (Fsp3) is 0.562. The summed E-state index contributed by atoms with van der Waals surface area (Å²) >= 11 is 3.45. The quantitative estimate of drug-likeness (QED) is 0.913. The summed E-state index contributed by atoms with van der Waals surface area (Å²) in [5, 5.41) is 3.24. The second-order valence-corrected chi connectivity index (χ2v) is 6.72. The molecule has 1 aromatic rings. The summed E-state index contributed by atoms with van der Waals surface area (Å²) in [6, 6.07) is 7.90. The molecule has 0 heterocycles. The number of amides is 1. The van der Waals surface area contributed by atoms with Crippen LogP contribution in [0.5, 0.6) is 0 Å². The lowest BCUT2D eigenvalue weighted by Gasteiger charge is -2.34. The number of carbonyl (C=O) groups excluding carboxylic acids is 1. The lowest BCUT2D eigenvalue weighted by Crippen LogP contribution is -2.45. The van der Waals surface area contributed by atoms with Gasteiger partial charge in [0.15, 0.2) is 0 Å². The van der Waals surface area contributed by atoms with E-state index in [1.807, 2.05) is 24.3 Å². The van der Waals surface area contributed by atoms with E-state index >= 15 is 0 Å². The third-order valence-electron chi connectivity index (χ3n) is 3.94. The fourth-order valence-corrected chi connectivity index (χ4v) is 3.44. The number of hydrogen-bond acceptors (Lipinski definition) is 2. The number of nitrogens with one attached hydrogen (secondary N) is 1. The molecule has 0 radical (unpaired) electrons. The van der Waals surface area contributed by atoms with Crippen molar-refractivity contribution in [3.05, 3.63) is 34.3 Å². The minimum absolute atomic E-state index is 0.0353. The van der Waals surface area contributed by atoms with Gasteiger partial charge in [0.05, 0.1) is 5.56 Å². The third kappa shape index (κ3) is 4.06. The van der Waals surface area contributed by atoms with Crippen molar-refractivity contribution in [1.29, 1.82) is 0 Å². The first kappa shape index (κ1) is 15.5. The molecule has 1 aliphatic rings. The van der Waals surface area contributed by atoms with Crippen molar-refractivity contribution in [2.45, 2.75) is 31.7 Å². The van der Waals surface area contributed by atoms with Gasteiger partial charge in [0.25, 0.3) is 5.91 Å². The Kier molecular flexibility index (Phi) is 5.61. The maximum absolute atomic E-state index is 12.4. The maximum Gasteiger partial charge on any atom is 0.252 e. The zero-order valence-electron chi connectivity index (χ0n) is 12.2. The molecule has 2 unspecified atom stereocenters. The number of carbonyl (C=O) groups is 1. The predicted molar refractivity (Wildman–Crippen MR) is 85.9 cm³/mol. The van der Waals surface area contributed by atoms with Crippen molar-refractivity contribution >= 4 is 21.8 Å². The first-order chi connectivity index (χ1) is 9.58. The van der Waals surface area contributed by atoms with Gasteiger partial charge >= 0.3 is 0 Å². The molecule has 0 aliphatic heterocycles. The Labute approximate surface area is 129 Å². The molecule has 1 amide bonds. The summed E-state index contributed by atoms with van der Waals surface area (Å²) in [4.78, 5) is 14.6. The summed E-state index contributed by atoms with van der Waals surface area (Å²) in [6.07, 6.45) is 4.79. The summed E-state index contributed by atoms with van der Waals surface area (Å²) in [6.45, 7) is 1.04. The molecule has 0 aromatic heterocycles. The largest absolute Gasteiger partial charge is 0.349 e. The van der Waals surface area contributed by atoms with Crippen LogP contribution in [-0.2, 0) is 0 Å². The molecule has 1 saturated carbocycles. The molecule has 0 bridgehead atoms. The molecule has 110 valence electrons. The average Bonchev–Trinajstić information content (AvgIpc) is 2.41. The van der Waals surface area contributed by atoms with E-state index in [-0.39, 0.29) is 5.91 Å². The van der Waals surface area contributed by atoms with Crippen LogP contribution < -0.4 is 5.32 Å². The molecule has 1 fully saturated rings. The Morgan fingerprint density at radius 1 is 1.30 bits per heavy atom. The van der Waals surface area contributed by atoms with Crippen LogP contribution in [0.1, 0.15) is 36.0 Å². The number of nitrogens with zero attached hydrogens (tertiary/aromatic N) is 1. The van der Waals surface area contributed by atoms with Gasteiger partial charge in [0, 0.05) is 17.1 Å². The molecule has 20 heavy (non-hydrogen) atoms. The van der Waals surface area contributed by atoms with Crippen molar-refractivity contribution in [3.63, 3.8) is 0 Å². The molecule has 2 rings (SSSR count). The van der Waals surface area contributed by atoms with Crippen molar-refractivity contribution in [3.8, 4) is 0 Å². The summed E-state index contributed by atoms with van der Waals surface area (Å²) in [5.41, 5.74) is 0.724. The Morgan fingerprint density at radius 3 is 2.70 bits per heavy atom. The average molecular weight is 339 g/mol. The van der Waals surface area contributed by atoms with Gasteiger partial charge in [-0.3, -0.25) is 4.79 Å². The Hall–Kier alpha value is -0.870. The van der Waals surface area contributed by atoms with Crippen LogP contribution in [0, 0.1) is 5.92 Å². The first-order valence-corrected chi connectivity index (χ1v) is 8.07. The molecule has 4 heteroatoms. The zero-order valence-corrected chi connectivity index (χ0v) is 13.8. The lowest BCUT2D eigenvalue weighted by atomic mass is 9.84. The van der Waals surface area contributed by atoms with Crippen LogP contribution >= 0.6 is 15.9 Å². The maximum atomic E-state index is 12.4. The highest BCUT2D eigenvalue weighted by molar-refractivity contribution is 9.10. The van der Waals surface area contributed by atoms with E-state index in [2.05, 4.69) is 40.2 Å². The van der Waals surface area contributed by atoms with Gasteiger partial charge in [-0.1, -0.05) is 25.0 Å². The topological polar surface area (TPSA) is 32.3 Å². The predicted octanol–water partition coefficient (Wildman–Crippen LogP) is 3.30. The first-order valence-electron chi connectivity index (χ1n) is 7.28. The van der Waals surface area contributed by atoms with Gasteiger partial charge < -0.3 is 10.2 Å². The molecule has 1 N–H and O–H groups in total. The van der Waals surface area contributed by atoms with Crippen molar-refractivity contribution < 1.29 is 4.79 Å². The second-order valence-electron chi connectivity index (χ2n) is 5.87. The summed E-state index contributed by atoms with van der Waals surface area (Å²) in [7, 11) is 4.20. The smallest absolute Gasteiger partial charge is 0.252 e. The van der Waals surface area contributed by atoms with Gasteiger partial charge in [-0.2, -0.15) is 0 Å².